The van der Waals surface area contributed by atoms with Crippen molar-refractivity contribution in [1.82, 2.24) is 14.5 Å². The van der Waals surface area contributed by atoms with E-state index in [0.29, 0.717) is 24.3 Å². The van der Waals surface area contributed by atoms with Crippen molar-refractivity contribution in [3.63, 3.8) is 0 Å². The number of ketones is 2. The van der Waals surface area contributed by atoms with Crippen LogP contribution in [-0.2, 0) is 22.4 Å². The number of alkyl halides is 3. The minimum atomic E-state index is -2.93. The summed E-state index contributed by atoms with van der Waals surface area (Å²) in [6, 6.07) is 5.28. The van der Waals surface area contributed by atoms with Gasteiger partial charge in [0.1, 0.15) is 11.3 Å². The van der Waals surface area contributed by atoms with E-state index in [1.165, 1.54) is 26.1 Å². The molecule has 6 nitrogen and oxygen atoms in total. The van der Waals surface area contributed by atoms with E-state index in [9.17, 15) is 22.8 Å². The molecule has 1 saturated heterocycles. The molecule has 0 N–H and O–H groups in total. The summed E-state index contributed by atoms with van der Waals surface area (Å²) in [6.07, 6.45) is 2.56. The van der Waals surface area contributed by atoms with Gasteiger partial charge in [-0.3, -0.25) is 14.6 Å². The van der Waals surface area contributed by atoms with E-state index in [2.05, 4.69) is 14.5 Å². The standard InChI is InChI=1S/C25H26F3N3O3/c1-25(2,28)21(33)4-3-15-10-19(22(23(26)27)29-12-15)20(32)11-16-9-17-5-7-31(24(17)30-13-16)18-6-8-34-14-18/h5,7,9-10,12-13,18,23H,3-4,6,8,11,14H2,1-2H3/t18-/m0/s1. The molecule has 0 radical (unpaired) electrons. The minimum absolute atomic E-state index is 0.106. The van der Waals surface area contributed by atoms with E-state index < -0.39 is 29.4 Å². The fraction of sp³-hybridized carbons (Fsp3) is 0.440. The lowest BCUT2D eigenvalue weighted by Gasteiger charge is -2.13. The number of nitrogens with zero attached hydrogens (tertiary/aromatic N) is 3. The van der Waals surface area contributed by atoms with Crippen LogP contribution >= 0.6 is 0 Å². The first-order chi connectivity index (χ1) is 16.1. The molecule has 0 aromatic carbocycles. The van der Waals surface area contributed by atoms with Gasteiger partial charge in [-0.15, -0.1) is 0 Å². The normalized spacial score (nSPS) is 16.5. The smallest absolute Gasteiger partial charge is 0.281 e. The molecule has 1 atom stereocenters. The van der Waals surface area contributed by atoms with Crippen LogP contribution in [-0.4, -0.2) is 45.0 Å². The summed E-state index contributed by atoms with van der Waals surface area (Å²) in [6.45, 7) is 3.67. The zero-order chi connectivity index (χ0) is 24.5. The number of carbonyl (C=O) groups excluding carboxylic acids is 2. The molecule has 4 rings (SSSR count). The van der Waals surface area contributed by atoms with E-state index in [1.54, 1.807) is 6.20 Å². The lowest BCUT2D eigenvalue weighted by atomic mass is 9.96. The lowest BCUT2D eigenvalue weighted by Crippen LogP contribution is -2.26. The Bertz CT molecular complexity index is 1210. The summed E-state index contributed by atoms with van der Waals surface area (Å²) in [4.78, 5) is 33.1. The number of aromatic nitrogens is 3. The van der Waals surface area contributed by atoms with Crippen molar-refractivity contribution < 1.29 is 27.5 Å². The maximum atomic E-state index is 13.8. The van der Waals surface area contributed by atoms with E-state index in [4.69, 9.17) is 4.74 Å². The third-order valence-corrected chi connectivity index (χ3v) is 6.06. The van der Waals surface area contributed by atoms with Crippen molar-refractivity contribution in [2.45, 2.75) is 57.7 Å². The Morgan fingerprint density at radius 2 is 1.97 bits per heavy atom. The summed E-state index contributed by atoms with van der Waals surface area (Å²) in [5, 5.41) is 0.852. The summed E-state index contributed by atoms with van der Waals surface area (Å²) in [7, 11) is 0. The highest BCUT2D eigenvalue weighted by Crippen LogP contribution is 2.27. The predicted octanol–water partition coefficient (Wildman–Crippen LogP) is 5.01. The van der Waals surface area contributed by atoms with E-state index in [-0.39, 0.29) is 30.9 Å². The number of fused-ring (bicyclic) bond motifs is 1. The van der Waals surface area contributed by atoms with E-state index >= 15 is 0 Å². The largest absolute Gasteiger partial charge is 0.379 e. The highest BCUT2D eigenvalue weighted by atomic mass is 19.3. The number of carbonyl (C=O) groups is 2. The topological polar surface area (TPSA) is 74.1 Å². The highest BCUT2D eigenvalue weighted by molar-refractivity contribution is 5.99. The van der Waals surface area contributed by atoms with Gasteiger partial charge < -0.3 is 9.30 Å². The second-order valence-electron chi connectivity index (χ2n) is 9.07. The molecule has 0 bridgehead atoms. The van der Waals surface area contributed by atoms with Gasteiger partial charge in [0.2, 0.25) is 0 Å². The average Bonchev–Trinajstić information content (AvgIpc) is 3.45. The van der Waals surface area contributed by atoms with Gasteiger partial charge in [0.05, 0.1) is 12.6 Å². The fourth-order valence-corrected chi connectivity index (χ4v) is 4.11. The van der Waals surface area contributed by atoms with Gasteiger partial charge in [-0.2, -0.15) is 0 Å². The van der Waals surface area contributed by atoms with Crippen molar-refractivity contribution in [2.75, 3.05) is 13.2 Å². The van der Waals surface area contributed by atoms with Crippen LogP contribution in [0, 0.1) is 0 Å². The molecule has 0 unspecified atom stereocenters. The Morgan fingerprint density at radius 3 is 2.65 bits per heavy atom. The van der Waals surface area contributed by atoms with Crippen LogP contribution in [0.2, 0.25) is 0 Å². The molecule has 1 aliphatic rings. The van der Waals surface area contributed by atoms with Crippen LogP contribution in [0.5, 0.6) is 0 Å². The number of ether oxygens (including phenoxy) is 1. The second-order valence-corrected chi connectivity index (χ2v) is 9.07. The Balaban J connectivity index is 1.54. The molecule has 180 valence electrons. The first-order valence-corrected chi connectivity index (χ1v) is 11.2. The molecule has 0 spiro atoms. The number of rotatable bonds is 9. The van der Waals surface area contributed by atoms with Crippen molar-refractivity contribution in [1.29, 1.82) is 0 Å². The van der Waals surface area contributed by atoms with Gasteiger partial charge in [-0.1, -0.05) is 0 Å². The van der Waals surface area contributed by atoms with Crippen molar-refractivity contribution >= 4 is 22.6 Å². The van der Waals surface area contributed by atoms with Gasteiger partial charge in [0, 0.05) is 49.0 Å². The molecule has 1 fully saturated rings. The first-order valence-electron chi connectivity index (χ1n) is 11.2. The quantitative estimate of drug-likeness (QED) is 0.409. The predicted molar refractivity (Wildman–Crippen MR) is 120 cm³/mol. The van der Waals surface area contributed by atoms with Crippen molar-refractivity contribution in [2.24, 2.45) is 0 Å². The Kier molecular flexibility index (Phi) is 6.84. The molecular weight excluding hydrogens is 447 g/mol. The number of halogens is 3. The summed E-state index contributed by atoms with van der Waals surface area (Å²) >= 11 is 0. The Morgan fingerprint density at radius 1 is 1.21 bits per heavy atom. The maximum Gasteiger partial charge on any atom is 0.281 e. The van der Waals surface area contributed by atoms with E-state index in [1.807, 2.05) is 18.3 Å². The second kappa shape index (κ2) is 9.66. The Labute approximate surface area is 195 Å². The third kappa shape index (κ3) is 5.19. The minimum Gasteiger partial charge on any atom is -0.379 e. The van der Waals surface area contributed by atoms with Gasteiger partial charge in [-0.25, -0.2) is 18.2 Å². The molecule has 0 aliphatic carbocycles. The monoisotopic (exact) mass is 473 g/mol. The number of aryl methyl sites for hydroxylation is 1. The summed E-state index contributed by atoms with van der Waals surface area (Å²) < 4.78 is 48.4. The number of hydrogen-bond acceptors (Lipinski definition) is 5. The highest BCUT2D eigenvalue weighted by Gasteiger charge is 2.26. The van der Waals surface area contributed by atoms with Gasteiger partial charge >= 0.3 is 0 Å². The zero-order valence-electron chi connectivity index (χ0n) is 19.1. The lowest BCUT2D eigenvalue weighted by molar-refractivity contribution is -0.128. The van der Waals surface area contributed by atoms with Gasteiger partial charge in [0.25, 0.3) is 6.43 Å². The Hall–Kier alpha value is -3.07. The molecule has 0 amide bonds. The number of pyridine rings is 2. The van der Waals surface area contributed by atoms with Crippen LogP contribution in [0.15, 0.2) is 36.8 Å². The number of hydrogen-bond donors (Lipinski definition) is 0. The molecule has 0 saturated carbocycles. The van der Waals surface area contributed by atoms with Gasteiger partial charge in [0.15, 0.2) is 17.2 Å². The molecule has 34 heavy (non-hydrogen) atoms. The third-order valence-electron chi connectivity index (χ3n) is 6.06. The molecular formula is C25H26F3N3O3. The van der Waals surface area contributed by atoms with Crippen LogP contribution in [0.4, 0.5) is 13.2 Å². The molecule has 1 aliphatic heterocycles. The molecule has 4 heterocycles. The van der Waals surface area contributed by atoms with Gasteiger partial charge in [-0.05, 0) is 56.0 Å². The van der Waals surface area contributed by atoms with Crippen molar-refractivity contribution in [3.8, 4) is 0 Å². The molecule has 3 aromatic heterocycles. The average molecular weight is 473 g/mol. The summed E-state index contributed by atoms with van der Waals surface area (Å²) in [5.74, 6) is -1.12. The number of Topliss-reactive ketones (excluding diaryl/α,β-unsaturated/α-hetero) is 2. The van der Waals surface area contributed by atoms with Crippen LogP contribution in [0.3, 0.4) is 0 Å². The van der Waals surface area contributed by atoms with E-state index in [0.717, 1.165) is 17.5 Å². The van der Waals surface area contributed by atoms with Crippen LogP contribution < -0.4 is 0 Å². The molecule has 9 heteroatoms. The zero-order valence-corrected chi connectivity index (χ0v) is 19.1. The fourth-order valence-electron chi connectivity index (χ4n) is 4.11. The first kappa shape index (κ1) is 24.1. The summed E-state index contributed by atoms with van der Waals surface area (Å²) in [5.41, 5.74) is -0.978. The van der Waals surface area contributed by atoms with Crippen molar-refractivity contribution in [3.05, 3.63) is 59.2 Å². The SMILES string of the molecule is CC(C)(F)C(=O)CCc1cnc(C(F)F)c(C(=O)Cc2cnc3c(ccn3[C@H]3CCOC3)c2)c1. The molecule has 3 aromatic rings. The van der Waals surface area contributed by atoms with Crippen LogP contribution in [0.25, 0.3) is 11.0 Å². The van der Waals surface area contributed by atoms with Crippen LogP contribution in [0.1, 0.15) is 66.3 Å². The maximum absolute atomic E-state index is 13.8.